The number of hydrogen-bond donors (Lipinski definition) is 1. The highest BCUT2D eigenvalue weighted by Crippen LogP contribution is 2.28. The molecule has 4 nitrogen and oxygen atoms in total. The molecule has 0 saturated heterocycles. The van der Waals surface area contributed by atoms with Crippen LogP contribution in [0.2, 0.25) is 0 Å². The van der Waals surface area contributed by atoms with Crippen molar-refractivity contribution in [3.05, 3.63) is 42.0 Å². The van der Waals surface area contributed by atoms with Gasteiger partial charge in [-0.05, 0) is 30.0 Å². The molecule has 0 aliphatic heterocycles. The number of carbonyl (C=O) groups excluding carboxylic acids is 1. The summed E-state index contributed by atoms with van der Waals surface area (Å²) in [6.45, 7) is 1.56. The monoisotopic (exact) mass is 287 g/mol. The molecule has 1 N–H and O–H groups in total. The minimum Gasteiger partial charge on any atom is -0.496 e. The fourth-order valence-corrected chi connectivity index (χ4v) is 2.35. The number of ether oxygens (including phenoxy) is 2. The van der Waals surface area contributed by atoms with Crippen molar-refractivity contribution in [2.75, 3.05) is 20.8 Å². The molecule has 112 valence electrons. The average Bonchev–Trinajstić information content (AvgIpc) is 2.54. The molecule has 4 heteroatoms. The maximum atomic E-state index is 11.0. The summed E-state index contributed by atoms with van der Waals surface area (Å²) in [6.07, 6.45) is 1.23. The van der Waals surface area contributed by atoms with Gasteiger partial charge >= 0.3 is 5.97 Å². The SMILES string of the molecule is COC(=O)CCCNCc1ccc(OC)c2ccccc12. The highest BCUT2D eigenvalue weighted by atomic mass is 16.5. The van der Waals surface area contributed by atoms with Gasteiger partial charge in [-0.3, -0.25) is 4.79 Å². The van der Waals surface area contributed by atoms with Crippen LogP contribution in [0.5, 0.6) is 5.75 Å². The lowest BCUT2D eigenvalue weighted by Crippen LogP contribution is -2.16. The summed E-state index contributed by atoms with van der Waals surface area (Å²) in [5, 5.41) is 5.67. The number of esters is 1. The van der Waals surface area contributed by atoms with Gasteiger partial charge in [0.25, 0.3) is 0 Å². The first-order chi connectivity index (χ1) is 10.3. The lowest BCUT2D eigenvalue weighted by Gasteiger charge is -2.11. The number of rotatable bonds is 7. The maximum absolute atomic E-state index is 11.0. The Balaban J connectivity index is 1.98. The lowest BCUT2D eigenvalue weighted by molar-refractivity contribution is -0.140. The van der Waals surface area contributed by atoms with Crippen molar-refractivity contribution in [3.8, 4) is 5.75 Å². The molecule has 0 spiro atoms. The highest BCUT2D eigenvalue weighted by molar-refractivity contribution is 5.91. The third kappa shape index (κ3) is 3.95. The fraction of sp³-hybridized carbons (Fsp3) is 0.353. The third-order valence-electron chi connectivity index (χ3n) is 3.47. The Labute approximate surface area is 125 Å². The van der Waals surface area contributed by atoms with Gasteiger partial charge < -0.3 is 14.8 Å². The van der Waals surface area contributed by atoms with Crippen molar-refractivity contribution in [2.45, 2.75) is 19.4 Å². The molecular weight excluding hydrogens is 266 g/mol. The zero-order valence-electron chi connectivity index (χ0n) is 12.5. The Morgan fingerprint density at radius 2 is 1.86 bits per heavy atom. The molecule has 21 heavy (non-hydrogen) atoms. The molecule has 0 aliphatic rings. The van der Waals surface area contributed by atoms with E-state index in [1.54, 1.807) is 7.11 Å². The Morgan fingerprint density at radius 1 is 1.10 bits per heavy atom. The normalized spacial score (nSPS) is 10.6. The van der Waals surface area contributed by atoms with Gasteiger partial charge in [-0.1, -0.05) is 30.3 Å². The van der Waals surface area contributed by atoms with Gasteiger partial charge in [0.1, 0.15) is 5.75 Å². The van der Waals surface area contributed by atoms with E-state index in [4.69, 9.17) is 4.74 Å². The minimum absolute atomic E-state index is 0.160. The van der Waals surface area contributed by atoms with Crippen LogP contribution >= 0.6 is 0 Å². The molecule has 0 aliphatic carbocycles. The lowest BCUT2D eigenvalue weighted by atomic mass is 10.0. The quantitative estimate of drug-likeness (QED) is 0.628. The van der Waals surface area contributed by atoms with Crippen LogP contribution in [0.4, 0.5) is 0 Å². The van der Waals surface area contributed by atoms with E-state index in [0.717, 1.165) is 30.6 Å². The second kappa shape index (κ2) is 7.64. The van der Waals surface area contributed by atoms with Gasteiger partial charge in [0.2, 0.25) is 0 Å². The number of benzene rings is 2. The Bertz CT molecular complexity index is 610. The summed E-state index contributed by atoms with van der Waals surface area (Å²) in [4.78, 5) is 11.0. The molecule has 2 aromatic carbocycles. The van der Waals surface area contributed by atoms with E-state index in [1.807, 2.05) is 18.2 Å². The first-order valence-corrected chi connectivity index (χ1v) is 7.08. The van der Waals surface area contributed by atoms with Crippen molar-refractivity contribution >= 4 is 16.7 Å². The summed E-state index contributed by atoms with van der Waals surface area (Å²) in [6, 6.07) is 12.3. The average molecular weight is 287 g/mol. The second-order valence-corrected chi connectivity index (χ2v) is 4.83. The van der Waals surface area contributed by atoms with Crippen LogP contribution in [0.3, 0.4) is 0 Å². The minimum atomic E-state index is -0.160. The molecule has 0 bridgehead atoms. The molecule has 2 rings (SSSR count). The maximum Gasteiger partial charge on any atom is 0.305 e. The topological polar surface area (TPSA) is 47.6 Å². The number of fused-ring (bicyclic) bond motifs is 1. The Kier molecular flexibility index (Phi) is 5.58. The second-order valence-electron chi connectivity index (χ2n) is 4.83. The summed E-state index contributed by atoms with van der Waals surface area (Å²) >= 11 is 0. The molecule has 0 amide bonds. The number of carbonyl (C=O) groups is 1. The molecule has 0 unspecified atom stereocenters. The molecule has 0 saturated carbocycles. The van der Waals surface area contributed by atoms with Gasteiger partial charge in [0, 0.05) is 18.4 Å². The van der Waals surface area contributed by atoms with E-state index >= 15 is 0 Å². The van der Waals surface area contributed by atoms with Crippen LogP contribution in [-0.4, -0.2) is 26.7 Å². The third-order valence-corrected chi connectivity index (χ3v) is 3.47. The van der Waals surface area contributed by atoms with Gasteiger partial charge in [-0.15, -0.1) is 0 Å². The molecule has 0 heterocycles. The van der Waals surface area contributed by atoms with Crippen molar-refractivity contribution < 1.29 is 14.3 Å². The summed E-state index contributed by atoms with van der Waals surface area (Å²) in [5.74, 6) is 0.728. The first-order valence-electron chi connectivity index (χ1n) is 7.08. The molecule has 0 fully saturated rings. The summed E-state index contributed by atoms with van der Waals surface area (Å²) in [5.41, 5.74) is 1.23. The first kappa shape index (κ1) is 15.3. The highest BCUT2D eigenvalue weighted by Gasteiger charge is 2.05. The smallest absolute Gasteiger partial charge is 0.305 e. The Hall–Kier alpha value is -2.07. The standard InChI is InChI=1S/C17H21NO3/c1-20-16-10-9-13(14-6-3-4-7-15(14)16)12-18-11-5-8-17(19)21-2/h3-4,6-7,9-10,18H,5,8,11-12H2,1-2H3. The molecule has 0 aromatic heterocycles. The summed E-state index contributed by atoms with van der Waals surface area (Å²) in [7, 11) is 3.10. The fourth-order valence-electron chi connectivity index (χ4n) is 2.35. The zero-order valence-corrected chi connectivity index (χ0v) is 12.5. The van der Waals surface area contributed by atoms with Crippen LogP contribution < -0.4 is 10.1 Å². The van der Waals surface area contributed by atoms with Gasteiger partial charge in [0.15, 0.2) is 0 Å². The number of hydrogen-bond acceptors (Lipinski definition) is 4. The van der Waals surface area contributed by atoms with Crippen LogP contribution in [0.1, 0.15) is 18.4 Å². The number of methoxy groups -OCH3 is 2. The van der Waals surface area contributed by atoms with Crippen molar-refractivity contribution in [1.29, 1.82) is 0 Å². The van der Waals surface area contributed by atoms with E-state index in [9.17, 15) is 4.79 Å². The Morgan fingerprint density at radius 3 is 2.57 bits per heavy atom. The van der Waals surface area contributed by atoms with Crippen LogP contribution in [0.25, 0.3) is 10.8 Å². The summed E-state index contributed by atoms with van der Waals surface area (Å²) < 4.78 is 10.0. The zero-order chi connectivity index (χ0) is 15.1. The van der Waals surface area contributed by atoms with Gasteiger partial charge in [-0.2, -0.15) is 0 Å². The predicted molar refractivity (Wildman–Crippen MR) is 83.5 cm³/mol. The van der Waals surface area contributed by atoms with Gasteiger partial charge in [-0.25, -0.2) is 0 Å². The molecular formula is C17H21NO3. The number of nitrogens with one attached hydrogen (secondary N) is 1. The van der Waals surface area contributed by atoms with E-state index < -0.39 is 0 Å². The van der Waals surface area contributed by atoms with E-state index in [-0.39, 0.29) is 5.97 Å². The predicted octanol–water partition coefficient (Wildman–Crippen LogP) is 2.89. The van der Waals surface area contributed by atoms with E-state index in [1.165, 1.54) is 18.1 Å². The van der Waals surface area contributed by atoms with Crippen molar-refractivity contribution in [3.63, 3.8) is 0 Å². The van der Waals surface area contributed by atoms with Crippen LogP contribution in [0, 0.1) is 0 Å². The molecule has 0 atom stereocenters. The van der Waals surface area contributed by atoms with Crippen LogP contribution in [0.15, 0.2) is 36.4 Å². The van der Waals surface area contributed by atoms with Crippen LogP contribution in [-0.2, 0) is 16.1 Å². The van der Waals surface area contributed by atoms with Gasteiger partial charge in [0.05, 0.1) is 14.2 Å². The molecule has 0 radical (unpaired) electrons. The van der Waals surface area contributed by atoms with Crippen molar-refractivity contribution in [1.82, 2.24) is 5.32 Å². The molecule has 2 aromatic rings. The van der Waals surface area contributed by atoms with E-state index in [0.29, 0.717) is 6.42 Å². The largest absolute Gasteiger partial charge is 0.496 e. The van der Waals surface area contributed by atoms with Crippen molar-refractivity contribution in [2.24, 2.45) is 0 Å². The van der Waals surface area contributed by atoms with E-state index in [2.05, 4.69) is 28.3 Å².